The van der Waals surface area contributed by atoms with Crippen molar-refractivity contribution in [2.45, 2.75) is 6.92 Å². The van der Waals surface area contributed by atoms with Crippen molar-refractivity contribution in [3.05, 3.63) is 23.9 Å². The quantitative estimate of drug-likeness (QED) is 0.582. The van der Waals surface area contributed by atoms with E-state index in [4.69, 9.17) is 27.4 Å². The van der Waals surface area contributed by atoms with Crippen LogP contribution in [0, 0.1) is 0 Å². The maximum Gasteiger partial charge on any atom is 0.223 e. The van der Waals surface area contributed by atoms with E-state index >= 15 is 0 Å². The maximum atomic E-state index is 5.53. The lowest BCUT2D eigenvalue weighted by molar-refractivity contribution is 0.108. The molecule has 0 spiro atoms. The molecule has 0 aliphatic heterocycles. The predicted molar refractivity (Wildman–Crippen MR) is 62.1 cm³/mol. The van der Waals surface area contributed by atoms with Gasteiger partial charge >= 0.3 is 0 Å². The molecular weight excluding hydrogens is 212 g/mol. The van der Waals surface area contributed by atoms with Gasteiger partial charge < -0.3 is 15.2 Å². The smallest absolute Gasteiger partial charge is 0.223 e. The largest absolute Gasteiger partial charge is 0.475 e. The van der Waals surface area contributed by atoms with Gasteiger partial charge in [0.15, 0.2) is 0 Å². The molecular formula is C10H14N2O2S. The minimum atomic E-state index is 0.287. The van der Waals surface area contributed by atoms with Gasteiger partial charge in [0.2, 0.25) is 5.88 Å². The Morgan fingerprint density at radius 3 is 3.00 bits per heavy atom. The number of pyridine rings is 1. The van der Waals surface area contributed by atoms with Gasteiger partial charge in [-0.25, -0.2) is 4.98 Å². The Kier molecular flexibility index (Phi) is 5.00. The van der Waals surface area contributed by atoms with Crippen LogP contribution >= 0.6 is 12.2 Å². The van der Waals surface area contributed by atoms with Crippen LogP contribution in [0.15, 0.2) is 18.3 Å². The summed E-state index contributed by atoms with van der Waals surface area (Å²) in [6.45, 7) is 3.58. The third-order valence-corrected chi connectivity index (χ3v) is 1.93. The molecule has 1 heterocycles. The highest BCUT2D eigenvalue weighted by Crippen LogP contribution is 2.13. The number of aromatic nitrogens is 1. The summed E-state index contributed by atoms with van der Waals surface area (Å²) >= 11 is 4.88. The minimum absolute atomic E-state index is 0.287. The van der Waals surface area contributed by atoms with Crippen LogP contribution in [0.2, 0.25) is 0 Å². The van der Waals surface area contributed by atoms with E-state index in [1.807, 2.05) is 6.92 Å². The van der Waals surface area contributed by atoms with Gasteiger partial charge in [-0.1, -0.05) is 12.2 Å². The molecule has 0 fully saturated rings. The minimum Gasteiger partial charge on any atom is -0.475 e. The number of thiocarbonyl (C=S) groups is 1. The van der Waals surface area contributed by atoms with Gasteiger partial charge in [0, 0.05) is 12.8 Å². The zero-order valence-corrected chi connectivity index (χ0v) is 9.42. The van der Waals surface area contributed by atoms with Crippen molar-refractivity contribution in [1.29, 1.82) is 0 Å². The second-order valence-corrected chi connectivity index (χ2v) is 3.21. The first-order valence-corrected chi connectivity index (χ1v) is 5.12. The van der Waals surface area contributed by atoms with Crippen LogP contribution in [0.5, 0.6) is 5.88 Å². The van der Waals surface area contributed by atoms with Crippen LogP contribution in [0.3, 0.4) is 0 Å². The van der Waals surface area contributed by atoms with Gasteiger partial charge in [0.05, 0.1) is 12.2 Å². The van der Waals surface area contributed by atoms with Crippen LogP contribution < -0.4 is 10.5 Å². The molecule has 0 amide bonds. The Morgan fingerprint density at radius 1 is 1.53 bits per heavy atom. The summed E-state index contributed by atoms with van der Waals surface area (Å²) in [4.78, 5) is 4.34. The van der Waals surface area contributed by atoms with Crippen LogP contribution in [0.4, 0.5) is 0 Å². The van der Waals surface area contributed by atoms with E-state index in [1.165, 1.54) is 0 Å². The molecule has 4 nitrogen and oxygen atoms in total. The summed E-state index contributed by atoms with van der Waals surface area (Å²) < 4.78 is 10.5. The zero-order valence-electron chi connectivity index (χ0n) is 8.60. The predicted octanol–water partition coefficient (Wildman–Crippen LogP) is 1.13. The normalized spacial score (nSPS) is 9.93. The standard InChI is InChI=1S/C10H14N2O2S/c1-2-13-6-7-14-10-8(9(11)15)4-3-5-12-10/h3-5H,2,6-7H2,1H3,(H2,11,15). The van der Waals surface area contributed by atoms with E-state index in [0.717, 1.165) is 0 Å². The van der Waals surface area contributed by atoms with Crippen LogP contribution in [-0.4, -0.2) is 29.8 Å². The Balaban J connectivity index is 2.56. The van der Waals surface area contributed by atoms with Crippen LogP contribution in [0.25, 0.3) is 0 Å². The lowest BCUT2D eigenvalue weighted by Crippen LogP contribution is -2.14. The van der Waals surface area contributed by atoms with E-state index < -0.39 is 0 Å². The summed E-state index contributed by atoms with van der Waals surface area (Å²) in [5.74, 6) is 0.463. The van der Waals surface area contributed by atoms with Gasteiger partial charge in [0.25, 0.3) is 0 Å². The summed E-state index contributed by atoms with van der Waals surface area (Å²) in [6, 6.07) is 3.55. The lowest BCUT2D eigenvalue weighted by atomic mass is 10.3. The highest BCUT2D eigenvalue weighted by Gasteiger charge is 2.06. The molecule has 0 aliphatic carbocycles. The number of nitrogens with two attached hydrogens (primary N) is 1. The summed E-state index contributed by atoms with van der Waals surface area (Å²) in [5, 5.41) is 0. The Hall–Kier alpha value is -1.20. The first-order chi connectivity index (χ1) is 7.25. The van der Waals surface area contributed by atoms with Gasteiger partial charge in [0.1, 0.15) is 11.6 Å². The second kappa shape index (κ2) is 6.31. The highest BCUT2D eigenvalue weighted by molar-refractivity contribution is 7.80. The van der Waals surface area contributed by atoms with Crippen LogP contribution in [-0.2, 0) is 4.74 Å². The fraction of sp³-hybridized carbons (Fsp3) is 0.400. The fourth-order valence-corrected chi connectivity index (χ4v) is 1.19. The highest BCUT2D eigenvalue weighted by atomic mass is 32.1. The fourth-order valence-electron chi connectivity index (χ4n) is 1.03. The molecule has 0 radical (unpaired) electrons. The number of nitrogens with zero attached hydrogens (tertiary/aromatic N) is 1. The molecule has 0 unspecified atom stereocenters. The molecule has 1 aromatic rings. The van der Waals surface area contributed by atoms with Crippen LogP contribution in [0.1, 0.15) is 12.5 Å². The summed E-state index contributed by atoms with van der Waals surface area (Å²) in [5.41, 5.74) is 6.18. The van der Waals surface area contributed by atoms with Gasteiger partial charge in [-0.3, -0.25) is 0 Å². The monoisotopic (exact) mass is 226 g/mol. The second-order valence-electron chi connectivity index (χ2n) is 2.77. The van der Waals surface area contributed by atoms with E-state index in [0.29, 0.717) is 31.3 Å². The Morgan fingerprint density at radius 2 is 2.33 bits per heavy atom. The molecule has 0 aromatic carbocycles. The van der Waals surface area contributed by atoms with E-state index in [-0.39, 0.29) is 4.99 Å². The average molecular weight is 226 g/mol. The SMILES string of the molecule is CCOCCOc1ncccc1C(N)=S. The third-order valence-electron chi connectivity index (χ3n) is 1.71. The van der Waals surface area contributed by atoms with Crippen molar-refractivity contribution in [2.24, 2.45) is 5.73 Å². The molecule has 0 saturated carbocycles. The molecule has 0 saturated heterocycles. The van der Waals surface area contributed by atoms with Crippen molar-refractivity contribution >= 4 is 17.2 Å². The Labute approximate surface area is 94.4 Å². The molecule has 1 rings (SSSR count). The van der Waals surface area contributed by atoms with Crippen molar-refractivity contribution in [3.63, 3.8) is 0 Å². The molecule has 0 aliphatic rings. The van der Waals surface area contributed by atoms with Gasteiger partial charge in [-0.15, -0.1) is 0 Å². The average Bonchev–Trinajstić information content (AvgIpc) is 2.25. The van der Waals surface area contributed by atoms with E-state index in [2.05, 4.69) is 4.98 Å². The molecule has 82 valence electrons. The zero-order chi connectivity index (χ0) is 11.1. The lowest BCUT2D eigenvalue weighted by Gasteiger charge is -2.08. The molecule has 0 bridgehead atoms. The molecule has 0 atom stereocenters. The summed E-state index contributed by atoms with van der Waals surface area (Å²) in [6.07, 6.45) is 1.64. The number of hydrogen-bond acceptors (Lipinski definition) is 4. The molecule has 5 heteroatoms. The first-order valence-electron chi connectivity index (χ1n) is 4.71. The van der Waals surface area contributed by atoms with Crippen molar-refractivity contribution < 1.29 is 9.47 Å². The van der Waals surface area contributed by atoms with E-state index in [1.54, 1.807) is 18.3 Å². The topological polar surface area (TPSA) is 57.4 Å². The molecule has 1 aromatic heterocycles. The summed E-state index contributed by atoms with van der Waals surface area (Å²) in [7, 11) is 0. The third kappa shape index (κ3) is 3.81. The van der Waals surface area contributed by atoms with Gasteiger partial charge in [-0.05, 0) is 19.1 Å². The maximum absolute atomic E-state index is 5.53. The van der Waals surface area contributed by atoms with E-state index in [9.17, 15) is 0 Å². The van der Waals surface area contributed by atoms with Crippen molar-refractivity contribution in [3.8, 4) is 5.88 Å². The molecule has 2 N–H and O–H groups in total. The number of rotatable bonds is 6. The Bertz CT molecular complexity index is 331. The van der Waals surface area contributed by atoms with Crippen molar-refractivity contribution in [2.75, 3.05) is 19.8 Å². The van der Waals surface area contributed by atoms with Crippen molar-refractivity contribution in [1.82, 2.24) is 4.98 Å². The number of hydrogen-bond donors (Lipinski definition) is 1. The van der Waals surface area contributed by atoms with Gasteiger partial charge in [-0.2, -0.15) is 0 Å². The first kappa shape index (κ1) is 11.9. The number of ether oxygens (including phenoxy) is 2. The molecule has 15 heavy (non-hydrogen) atoms.